The van der Waals surface area contributed by atoms with Crippen molar-refractivity contribution in [3.63, 3.8) is 0 Å². The van der Waals surface area contributed by atoms with E-state index in [1.165, 1.54) is 11.3 Å². The van der Waals surface area contributed by atoms with Crippen LogP contribution in [-0.4, -0.2) is 28.6 Å². The van der Waals surface area contributed by atoms with Gasteiger partial charge in [-0.25, -0.2) is 4.98 Å². The lowest BCUT2D eigenvalue weighted by atomic mass is 10.2. The van der Waals surface area contributed by atoms with Crippen molar-refractivity contribution >= 4 is 17.2 Å². The van der Waals surface area contributed by atoms with Gasteiger partial charge in [-0.1, -0.05) is 6.92 Å². The molecule has 1 atom stereocenters. The van der Waals surface area contributed by atoms with Gasteiger partial charge in [0.05, 0.1) is 23.4 Å². The van der Waals surface area contributed by atoms with E-state index in [-0.39, 0.29) is 18.6 Å². The smallest absolute Gasteiger partial charge is 0.263 e. The number of rotatable bonds is 4. The van der Waals surface area contributed by atoms with Gasteiger partial charge in [-0.05, 0) is 20.3 Å². The van der Waals surface area contributed by atoms with Crippen LogP contribution < -0.4 is 5.32 Å². The molecular formula is C10H16N2O2S. The Labute approximate surface area is 93.4 Å². The molecule has 0 saturated carbocycles. The monoisotopic (exact) mass is 228 g/mol. The highest BCUT2D eigenvalue weighted by atomic mass is 32.1. The Morgan fingerprint density at radius 1 is 1.60 bits per heavy atom. The fourth-order valence-corrected chi connectivity index (χ4v) is 2.09. The third-order valence-electron chi connectivity index (χ3n) is 2.16. The van der Waals surface area contributed by atoms with E-state index in [4.69, 9.17) is 5.11 Å². The number of hydrogen-bond donors (Lipinski definition) is 2. The number of carbonyl (C=O) groups excluding carboxylic acids is 1. The number of amides is 1. The van der Waals surface area contributed by atoms with Gasteiger partial charge < -0.3 is 10.4 Å². The van der Waals surface area contributed by atoms with Gasteiger partial charge in [0.15, 0.2) is 0 Å². The number of nitrogens with one attached hydrogen (secondary N) is 1. The summed E-state index contributed by atoms with van der Waals surface area (Å²) in [7, 11) is 0. The molecule has 0 aliphatic carbocycles. The van der Waals surface area contributed by atoms with Gasteiger partial charge in [-0.2, -0.15) is 0 Å². The van der Waals surface area contributed by atoms with Crippen molar-refractivity contribution < 1.29 is 9.90 Å². The highest BCUT2D eigenvalue weighted by Gasteiger charge is 2.16. The fourth-order valence-electron chi connectivity index (χ4n) is 1.27. The van der Waals surface area contributed by atoms with Crippen LogP contribution in [0.1, 0.15) is 33.7 Å². The van der Waals surface area contributed by atoms with Crippen LogP contribution in [0.25, 0.3) is 0 Å². The minimum atomic E-state index is -0.167. The molecule has 0 aliphatic heterocycles. The molecule has 2 N–H and O–H groups in total. The second kappa shape index (κ2) is 5.23. The standard InChI is InChI=1S/C10H16N2O2S/c1-4-8(5-13)12-10(14)9-6(2)11-7(3)15-9/h8,13H,4-5H2,1-3H3,(H,12,14)/t8-/m1/s1. The zero-order valence-corrected chi connectivity index (χ0v) is 10.0. The van der Waals surface area contributed by atoms with Crippen LogP contribution in [0.5, 0.6) is 0 Å². The van der Waals surface area contributed by atoms with Crippen molar-refractivity contribution in [3.8, 4) is 0 Å². The predicted molar refractivity (Wildman–Crippen MR) is 60.2 cm³/mol. The molecule has 0 unspecified atom stereocenters. The van der Waals surface area contributed by atoms with Crippen molar-refractivity contribution in [1.82, 2.24) is 10.3 Å². The molecule has 0 aromatic carbocycles. The molecule has 0 bridgehead atoms. The van der Waals surface area contributed by atoms with Gasteiger partial charge in [-0.15, -0.1) is 11.3 Å². The summed E-state index contributed by atoms with van der Waals surface area (Å²) in [4.78, 5) is 16.6. The summed E-state index contributed by atoms with van der Waals surface area (Å²) in [6, 6.07) is -0.167. The number of aliphatic hydroxyl groups is 1. The Kier molecular flexibility index (Phi) is 4.23. The lowest BCUT2D eigenvalue weighted by Crippen LogP contribution is -2.36. The number of thiazole rings is 1. The summed E-state index contributed by atoms with van der Waals surface area (Å²) >= 11 is 1.38. The van der Waals surface area contributed by atoms with E-state index in [1.54, 1.807) is 0 Å². The van der Waals surface area contributed by atoms with Gasteiger partial charge in [0.1, 0.15) is 4.88 Å². The Bertz CT molecular complexity index is 345. The van der Waals surface area contributed by atoms with E-state index >= 15 is 0 Å². The Morgan fingerprint density at radius 2 is 2.27 bits per heavy atom. The van der Waals surface area contributed by atoms with Gasteiger partial charge in [-0.3, -0.25) is 4.79 Å². The minimum Gasteiger partial charge on any atom is -0.394 e. The molecule has 0 radical (unpaired) electrons. The van der Waals surface area contributed by atoms with E-state index in [1.807, 2.05) is 20.8 Å². The Morgan fingerprint density at radius 3 is 2.67 bits per heavy atom. The third kappa shape index (κ3) is 3.00. The van der Waals surface area contributed by atoms with Gasteiger partial charge in [0.25, 0.3) is 5.91 Å². The summed E-state index contributed by atoms with van der Waals surface area (Å²) in [5.41, 5.74) is 0.753. The van der Waals surface area contributed by atoms with E-state index in [0.717, 1.165) is 17.1 Å². The first kappa shape index (κ1) is 12.1. The molecule has 4 nitrogen and oxygen atoms in total. The Hall–Kier alpha value is -0.940. The average Bonchev–Trinajstić information content (AvgIpc) is 2.54. The zero-order chi connectivity index (χ0) is 11.4. The highest BCUT2D eigenvalue weighted by Crippen LogP contribution is 2.16. The number of hydrogen-bond acceptors (Lipinski definition) is 4. The van der Waals surface area contributed by atoms with Gasteiger partial charge in [0, 0.05) is 0 Å². The van der Waals surface area contributed by atoms with E-state index in [9.17, 15) is 4.79 Å². The van der Waals surface area contributed by atoms with E-state index in [2.05, 4.69) is 10.3 Å². The number of carbonyl (C=O) groups is 1. The van der Waals surface area contributed by atoms with Crippen LogP contribution in [-0.2, 0) is 0 Å². The molecule has 1 aromatic heterocycles. The van der Waals surface area contributed by atoms with E-state index < -0.39 is 0 Å². The van der Waals surface area contributed by atoms with Crippen LogP contribution in [0.3, 0.4) is 0 Å². The quantitative estimate of drug-likeness (QED) is 0.815. The first-order chi connectivity index (χ1) is 7.08. The second-order valence-electron chi connectivity index (χ2n) is 3.41. The molecular weight excluding hydrogens is 212 g/mol. The summed E-state index contributed by atoms with van der Waals surface area (Å²) in [5, 5.41) is 12.6. The lowest BCUT2D eigenvalue weighted by Gasteiger charge is -2.12. The molecule has 1 amide bonds. The molecule has 1 rings (SSSR count). The summed E-state index contributed by atoms with van der Waals surface area (Å²) in [5.74, 6) is -0.140. The van der Waals surface area contributed by atoms with Crippen molar-refractivity contribution in [2.75, 3.05) is 6.61 Å². The van der Waals surface area contributed by atoms with E-state index in [0.29, 0.717) is 4.88 Å². The SMILES string of the molecule is CC[C@H](CO)NC(=O)c1sc(C)nc1C. The lowest BCUT2D eigenvalue weighted by molar-refractivity contribution is 0.0918. The van der Waals surface area contributed by atoms with Crippen LogP contribution in [0.4, 0.5) is 0 Å². The van der Waals surface area contributed by atoms with Crippen molar-refractivity contribution in [2.24, 2.45) is 0 Å². The summed E-state index contributed by atoms with van der Waals surface area (Å²) in [6.07, 6.45) is 0.721. The minimum absolute atomic E-state index is 0.0287. The molecule has 1 aromatic rings. The van der Waals surface area contributed by atoms with Crippen LogP contribution in [0, 0.1) is 13.8 Å². The zero-order valence-electron chi connectivity index (χ0n) is 9.20. The maximum Gasteiger partial charge on any atom is 0.263 e. The van der Waals surface area contributed by atoms with Gasteiger partial charge in [0.2, 0.25) is 0 Å². The van der Waals surface area contributed by atoms with Crippen molar-refractivity contribution in [1.29, 1.82) is 0 Å². The van der Waals surface area contributed by atoms with Crippen LogP contribution >= 0.6 is 11.3 Å². The summed E-state index contributed by atoms with van der Waals surface area (Å²) < 4.78 is 0. The molecule has 0 saturated heterocycles. The number of aryl methyl sites for hydroxylation is 2. The average molecular weight is 228 g/mol. The summed E-state index contributed by atoms with van der Waals surface area (Å²) in [6.45, 7) is 5.58. The van der Waals surface area contributed by atoms with Crippen molar-refractivity contribution in [3.05, 3.63) is 15.6 Å². The number of aromatic nitrogens is 1. The molecule has 15 heavy (non-hydrogen) atoms. The maximum absolute atomic E-state index is 11.8. The molecule has 5 heteroatoms. The number of aliphatic hydroxyl groups excluding tert-OH is 1. The van der Waals surface area contributed by atoms with Crippen molar-refractivity contribution in [2.45, 2.75) is 33.2 Å². The maximum atomic E-state index is 11.8. The molecule has 0 fully saturated rings. The molecule has 84 valence electrons. The first-order valence-corrected chi connectivity index (χ1v) is 5.75. The predicted octanol–water partition coefficient (Wildman–Crippen LogP) is 1.26. The van der Waals surface area contributed by atoms with Gasteiger partial charge >= 0.3 is 0 Å². The van der Waals surface area contributed by atoms with Crippen LogP contribution in [0.15, 0.2) is 0 Å². The Balaban J connectivity index is 2.72. The third-order valence-corrected chi connectivity index (χ3v) is 3.23. The first-order valence-electron chi connectivity index (χ1n) is 4.94. The molecule has 0 spiro atoms. The molecule has 1 heterocycles. The fraction of sp³-hybridized carbons (Fsp3) is 0.600. The normalized spacial score (nSPS) is 12.5. The molecule has 0 aliphatic rings. The number of nitrogens with zero attached hydrogens (tertiary/aromatic N) is 1. The largest absolute Gasteiger partial charge is 0.394 e. The highest BCUT2D eigenvalue weighted by molar-refractivity contribution is 7.13. The van der Waals surface area contributed by atoms with Crippen LogP contribution in [0.2, 0.25) is 0 Å². The second-order valence-corrected chi connectivity index (χ2v) is 4.61. The topological polar surface area (TPSA) is 62.2 Å².